The van der Waals surface area contributed by atoms with Crippen molar-refractivity contribution >= 4 is 0 Å². The van der Waals surface area contributed by atoms with Crippen molar-refractivity contribution in [2.75, 3.05) is 0 Å². The minimum absolute atomic E-state index is 0.104. The highest BCUT2D eigenvalue weighted by Gasteiger charge is 2.40. The lowest BCUT2D eigenvalue weighted by Crippen LogP contribution is -2.27. The second-order valence-electron chi connectivity index (χ2n) is 11.1. The zero-order valence-corrected chi connectivity index (χ0v) is 23.0. The van der Waals surface area contributed by atoms with Crippen LogP contribution in [-0.4, -0.2) is 0 Å². The monoisotopic (exact) mass is 516 g/mol. The standard InChI is InChI=1S/C40H36/c1-6-16-32(17-7-1)26-37-31-40(29-35-22-12-4-13-23-35,30-36-24-14-5-15-25-36)39(28-34-20-10-3-11-21-34)38(37)27-33-18-8-2-9-19-33/h1-25,31H,26-30H2. The molecule has 0 aromatic heterocycles. The fourth-order valence-corrected chi connectivity index (χ4v) is 6.38. The van der Waals surface area contributed by atoms with Crippen LogP contribution in [0.3, 0.4) is 0 Å². The zero-order chi connectivity index (χ0) is 27.0. The molecular weight excluding hydrogens is 480 g/mol. The topological polar surface area (TPSA) is 0 Å². The normalized spacial score (nSPS) is 14.2. The molecule has 0 radical (unpaired) electrons. The largest absolute Gasteiger partial charge is 0.0697 e. The molecule has 0 saturated carbocycles. The number of rotatable bonds is 10. The van der Waals surface area contributed by atoms with E-state index in [0.29, 0.717) is 0 Å². The molecule has 0 heteroatoms. The molecule has 5 aromatic carbocycles. The fraction of sp³-hybridized carbons (Fsp3) is 0.150. The van der Waals surface area contributed by atoms with E-state index < -0.39 is 0 Å². The van der Waals surface area contributed by atoms with Gasteiger partial charge in [0.15, 0.2) is 0 Å². The van der Waals surface area contributed by atoms with Crippen LogP contribution in [0.15, 0.2) is 174 Å². The molecule has 0 amide bonds. The van der Waals surface area contributed by atoms with Gasteiger partial charge in [-0.3, -0.25) is 0 Å². The quantitative estimate of drug-likeness (QED) is 0.173. The Bertz CT molecular complexity index is 1520. The van der Waals surface area contributed by atoms with Crippen LogP contribution in [0.5, 0.6) is 0 Å². The Balaban J connectivity index is 1.55. The zero-order valence-electron chi connectivity index (χ0n) is 23.0. The van der Waals surface area contributed by atoms with Gasteiger partial charge in [0, 0.05) is 5.41 Å². The Hall–Kier alpha value is -4.42. The van der Waals surface area contributed by atoms with Crippen molar-refractivity contribution in [3.63, 3.8) is 0 Å². The molecule has 0 heterocycles. The molecule has 196 valence electrons. The third-order valence-electron chi connectivity index (χ3n) is 8.21. The maximum atomic E-state index is 2.66. The van der Waals surface area contributed by atoms with Crippen LogP contribution in [-0.2, 0) is 32.1 Å². The lowest BCUT2D eigenvalue weighted by atomic mass is 9.70. The molecule has 0 saturated heterocycles. The van der Waals surface area contributed by atoms with Crippen molar-refractivity contribution in [2.45, 2.75) is 32.1 Å². The van der Waals surface area contributed by atoms with Crippen molar-refractivity contribution in [1.29, 1.82) is 0 Å². The third-order valence-corrected chi connectivity index (χ3v) is 8.21. The first-order valence-electron chi connectivity index (χ1n) is 14.4. The molecule has 0 atom stereocenters. The molecule has 0 nitrogen and oxygen atoms in total. The maximum Gasteiger partial charge on any atom is 0.0187 e. The summed E-state index contributed by atoms with van der Waals surface area (Å²) < 4.78 is 0. The summed E-state index contributed by atoms with van der Waals surface area (Å²) in [5, 5.41) is 0. The molecule has 40 heavy (non-hydrogen) atoms. The first kappa shape index (κ1) is 25.8. The van der Waals surface area contributed by atoms with Gasteiger partial charge in [-0.1, -0.05) is 163 Å². The van der Waals surface area contributed by atoms with Crippen LogP contribution in [0.4, 0.5) is 0 Å². The average molecular weight is 517 g/mol. The molecular formula is C40H36. The summed E-state index contributed by atoms with van der Waals surface area (Å²) in [5.41, 5.74) is 11.4. The fourth-order valence-electron chi connectivity index (χ4n) is 6.38. The van der Waals surface area contributed by atoms with Crippen molar-refractivity contribution in [3.05, 3.63) is 202 Å². The van der Waals surface area contributed by atoms with Gasteiger partial charge in [0.2, 0.25) is 0 Å². The van der Waals surface area contributed by atoms with E-state index in [1.807, 2.05) is 0 Å². The summed E-state index contributed by atoms with van der Waals surface area (Å²) >= 11 is 0. The van der Waals surface area contributed by atoms with Gasteiger partial charge < -0.3 is 0 Å². The Morgan fingerprint density at radius 1 is 0.350 bits per heavy atom. The van der Waals surface area contributed by atoms with Crippen molar-refractivity contribution in [1.82, 2.24) is 0 Å². The molecule has 0 unspecified atom stereocenters. The van der Waals surface area contributed by atoms with Crippen molar-refractivity contribution in [3.8, 4) is 0 Å². The summed E-state index contributed by atoms with van der Waals surface area (Å²) in [6.07, 6.45) is 7.50. The molecule has 1 aliphatic rings. The molecule has 0 bridgehead atoms. The minimum atomic E-state index is -0.104. The maximum absolute atomic E-state index is 2.66. The molecule has 5 aromatic rings. The number of hydrogen-bond donors (Lipinski definition) is 0. The van der Waals surface area contributed by atoms with E-state index in [1.165, 1.54) is 39.0 Å². The number of benzene rings is 5. The highest BCUT2D eigenvalue weighted by molar-refractivity contribution is 5.55. The Morgan fingerprint density at radius 3 is 1.12 bits per heavy atom. The highest BCUT2D eigenvalue weighted by atomic mass is 14.4. The molecule has 6 rings (SSSR count). The molecule has 0 aliphatic heterocycles. The Kier molecular flexibility index (Phi) is 7.87. The first-order chi connectivity index (χ1) is 19.8. The van der Waals surface area contributed by atoms with Gasteiger partial charge in [-0.25, -0.2) is 0 Å². The molecule has 0 spiro atoms. The van der Waals surface area contributed by atoms with Crippen LogP contribution in [0.1, 0.15) is 27.8 Å². The van der Waals surface area contributed by atoms with Crippen LogP contribution in [0.2, 0.25) is 0 Å². The molecule has 0 fully saturated rings. The summed E-state index contributed by atoms with van der Waals surface area (Å²) in [7, 11) is 0. The predicted molar refractivity (Wildman–Crippen MR) is 168 cm³/mol. The van der Waals surface area contributed by atoms with Crippen LogP contribution >= 0.6 is 0 Å². The predicted octanol–water partition coefficient (Wildman–Crippen LogP) is 9.42. The smallest absolute Gasteiger partial charge is 0.0187 e. The highest BCUT2D eigenvalue weighted by Crippen LogP contribution is 2.49. The summed E-state index contributed by atoms with van der Waals surface area (Å²) in [6.45, 7) is 0. The van der Waals surface area contributed by atoms with Gasteiger partial charge in [0.1, 0.15) is 0 Å². The van der Waals surface area contributed by atoms with E-state index in [9.17, 15) is 0 Å². The lowest BCUT2D eigenvalue weighted by molar-refractivity contribution is 0.448. The Morgan fingerprint density at radius 2 is 0.700 bits per heavy atom. The summed E-state index contributed by atoms with van der Waals surface area (Å²) in [6, 6.07) is 55.2. The molecule has 0 N–H and O–H groups in total. The van der Waals surface area contributed by atoms with Gasteiger partial charge in [-0.2, -0.15) is 0 Å². The van der Waals surface area contributed by atoms with Gasteiger partial charge in [0.25, 0.3) is 0 Å². The van der Waals surface area contributed by atoms with Gasteiger partial charge in [0.05, 0.1) is 0 Å². The van der Waals surface area contributed by atoms with E-state index in [-0.39, 0.29) is 5.41 Å². The molecule has 1 aliphatic carbocycles. The van der Waals surface area contributed by atoms with Crippen LogP contribution < -0.4 is 0 Å². The van der Waals surface area contributed by atoms with E-state index in [4.69, 9.17) is 0 Å². The number of allylic oxidation sites excluding steroid dienone is 4. The summed E-state index contributed by atoms with van der Waals surface area (Å²) in [5.74, 6) is 0. The van der Waals surface area contributed by atoms with Gasteiger partial charge in [-0.15, -0.1) is 0 Å². The van der Waals surface area contributed by atoms with E-state index >= 15 is 0 Å². The van der Waals surface area contributed by atoms with Gasteiger partial charge >= 0.3 is 0 Å². The second-order valence-corrected chi connectivity index (χ2v) is 11.1. The third kappa shape index (κ3) is 6.08. The summed E-state index contributed by atoms with van der Waals surface area (Å²) in [4.78, 5) is 0. The van der Waals surface area contributed by atoms with E-state index in [0.717, 1.165) is 32.1 Å². The van der Waals surface area contributed by atoms with E-state index in [1.54, 1.807) is 5.57 Å². The minimum Gasteiger partial charge on any atom is -0.0697 e. The average Bonchev–Trinajstić information content (AvgIpc) is 3.26. The van der Waals surface area contributed by atoms with Crippen molar-refractivity contribution < 1.29 is 0 Å². The SMILES string of the molecule is C1=C(Cc2ccccc2)C(Cc2ccccc2)=C(Cc2ccccc2)C1(Cc1ccccc1)Cc1ccccc1. The van der Waals surface area contributed by atoms with Crippen LogP contribution in [0.25, 0.3) is 0 Å². The second kappa shape index (κ2) is 12.2. The Labute approximate surface area is 239 Å². The number of hydrogen-bond acceptors (Lipinski definition) is 0. The lowest BCUT2D eigenvalue weighted by Gasteiger charge is -2.33. The van der Waals surface area contributed by atoms with Gasteiger partial charge in [-0.05, 0) is 71.1 Å². The van der Waals surface area contributed by atoms with Crippen LogP contribution in [0, 0.1) is 5.41 Å². The van der Waals surface area contributed by atoms with E-state index in [2.05, 4.69) is 158 Å². The first-order valence-corrected chi connectivity index (χ1v) is 14.4. The van der Waals surface area contributed by atoms with Crippen molar-refractivity contribution in [2.24, 2.45) is 5.41 Å².